The maximum atomic E-state index is 6.78. The van der Waals surface area contributed by atoms with Gasteiger partial charge in [0.05, 0.1) is 0 Å². The zero-order valence-electron chi connectivity index (χ0n) is 10.8. The molecule has 3 heteroatoms. The molecule has 0 amide bonds. The molecule has 0 rings (SSSR count). The minimum absolute atomic E-state index is 0. The number of hydrogen-bond donors (Lipinski definition) is 0. The minimum atomic E-state index is 0. The fourth-order valence-corrected chi connectivity index (χ4v) is 1.10. The first-order valence-corrected chi connectivity index (χ1v) is 6.12. The molecule has 0 aliphatic heterocycles. The summed E-state index contributed by atoms with van der Waals surface area (Å²) in [6.07, 6.45) is 9.85. The van der Waals surface area contributed by atoms with Crippen LogP contribution in [0.15, 0.2) is 0 Å². The molecular weight excluding hydrogens is 309 g/mol. The van der Waals surface area contributed by atoms with Crippen LogP contribution in [0.4, 0.5) is 0 Å². The Morgan fingerprint density at radius 1 is 0.600 bits per heavy atom. The van der Waals surface area contributed by atoms with E-state index in [2.05, 4.69) is 13.8 Å². The third kappa shape index (κ3) is 31.3. The van der Waals surface area contributed by atoms with Crippen molar-refractivity contribution < 1.29 is 0 Å². The van der Waals surface area contributed by atoms with Crippen molar-refractivity contribution in [3.05, 3.63) is 11.5 Å². The van der Waals surface area contributed by atoms with Crippen LogP contribution in [0.25, 0.3) is 11.5 Å². The topological polar surface area (TPSA) is 47.6 Å². The molecule has 0 atom stereocenters. The van der Waals surface area contributed by atoms with Crippen LogP contribution in [-0.2, 0) is 0 Å². The molecule has 0 aromatic rings. The van der Waals surface area contributed by atoms with E-state index in [-0.39, 0.29) is 48.9 Å². The quantitative estimate of drug-likeness (QED) is 0.449. The number of rotatable bonds is 8. The summed E-state index contributed by atoms with van der Waals surface area (Å²) in [6.45, 7) is 5.59. The van der Waals surface area contributed by atoms with Crippen molar-refractivity contribution in [2.45, 2.75) is 65.2 Å². The van der Waals surface area contributed by atoms with Gasteiger partial charge in [-0.05, 0) is 0 Å². The molecular formula is C12H28BaN2. The van der Waals surface area contributed by atoms with Crippen molar-refractivity contribution in [3.63, 3.8) is 0 Å². The molecule has 0 aliphatic carbocycles. The van der Waals surface area contributed by atoms with E-state index in [0.29, 0.717) is 13.1 Å². The van der Waals surface area contributed by atoms with Crippen LogP contribution in [0.5, 0.6) is 0 Å². The second-order valence-corrected chi connectivity index (χ2v) is 3.62. The first-order chi connectivity index (χ1) is 6.83. The van der Waals surface area contributed by atoms with Gasteiger partial charge in [0, 0.05) is 0 Å². The van der Waals surface area contributed by atoms with Gasteiger partial charge in [0.2, 0.25) is 0 Å². The number of unbranched alkanes of at least 4 members (excludes halogenated alkanes) is 6. The molecule has 0 bridgehead atoms. The van der Waals surface area contributed by atoms with E-state index >= 15 is 0 Å². The SMILES string of the molecule is CCCCCC[NH-].CCCCCC[NH-].[Ba+2]. The molecule has 2 N–H and O–H groups in total. The van der Waals surface area contributed by atoms with E-state index in [9.17, 15) is 0 Å². The van der Waals surface area contributed by atoms with Crippen LogP contribution in [0.1, 0.15) is 65.2 Å². The zero-order valence-corrected chi connectivity index (χ0v) is 15.2. The first kappa shape index (κ1) is 21.7. The summed E-state index contributed by atoms with van der Waals surface area (Å²) in [5.74, 6) is 0. The Balaban J connectivity index is -0.000000180. The van der Waals surface area contributed by atoms with Crippen molar-refractivity contribution in [2.24, 2.45) is 0 Å². The summed E-state index contributed by atoms with van der Waals surface area (Å²) >= 11 is 0. The second kappa shape index (κ2) is 24.6. The number of nitrogens with one attached hydrogen (secondary N) is 2. The van der Waals surface area contributed by atoms with Crippen LogP contribution in [0.2, 0.25) is 0 Å². The Bertz CT molecular complexity index is 62.0. The monoisotopic (exact) mass is 338 g/mol. The maximum absolute atomic E-state index is 6.78. The van der Waals surface area contributed by atoms with Gasteiger partial charge in [0.1, 0.15) is 0 Å². The second-order valence-electron chi connectivity index (χ2n) is 3.62. The van der Waals surface area contributed by atoms with Gasteiger partial charge in [-0.1, -0.05) is 65.2 Å². The van der Waals surface area contributed by atoms with Crippen LogP contribution >= 0.6 is 0 Å². The molecule has 0 fully saturated rings. The Morgan fingerprint density at radius 2 is 0.933 bits per heavy atom. The summed E-state index contributed by atoms with van der Waals surface area (Å²) in [5, 5.41) is 0. The van der Waals surface area contributed by atoms with E-state index in [0.717, 1.165) is 12.8 Å². The average molecular weight is 338 g/mol. The zero-order chi connectivity index (χ0) is 11.1. The summed E-state index contributed by atoms with van der Waals surface area (Å²) in [4.78, 5) is 0. The van der Waals surface area contributed by atoms with Gasteiger partial charge in [-0.15, -0.1) is 0 Å². The Morgan fingerprint density at radius 3 is 1.13 bits per heavy atom. The van der Waals surface area contributed by atoms with Gasteiger partial charge in [-0.2, -0.15) is 13.1 Å². The van der Waals surface area contributed by atoms with Gasteiger partial charge >= 0.3 is 48.9 Å². The molecule has 0 unspecified atom stereocenters. The molecule has 0 radical (unpaired) electrons. The molecule has 0 aliphatic rings. The van der Waals surface area contributed by atoms with Crippen molar-refractivity contribution in [3.8, 4) is 0 Å². The molecule has 0 saturated carbocycles. The molecule has 0 aromatic carbocycles. The fourth-order valence-electron chi connectivity index (χ4n) is 1.10. The minimum Gasteiger partial charge on any atom is -0.677 e. The van der Waals surface area contributed by atoms with E-state index in [1.807, 2.05) is 0 Å². The van der Waals surface area contributed by atoms with E-state index < -0.39 is 0 Å². The molecule has 88 valence electrons. The van der Waals surface area contributed by atoms with E-state index in [1.54, 1.807) is 0 Å². The summed E-state index contributed by atoms with van der Waals surface area (Å²) in [7, 11) is 0. The van der Waals surface area contributed by atoms with E-state index in [4.69, 9.17) is 11.5 Å². The van der Waals surface area contributed by atoms with Gasteiger partial charge in [0.25, 0.3) is 0 Å². The summed E-state index contributed by atoms with van der Waals surface area (Å²) in [5.41, 5.74) is 13.6. The molecule has 0 saturated heterocycles. The van der Waals surface area contributed by atoms with Crippen molar-refractivity contribution in [1.29, 1.82) is 0 Å². The van der Waals surface area contributed by atoms with Crippen LogP contribution in [0, 0.1) is 0 Å². The third-order valence-corrected chi connectivity index (χ3v) is 2.06. The van der Waals surface area contributed by atoms with Gasteiger partial charge in [-0.3, -0.25) is 0 Å². The summed E-state index contributed by atoms with van der Waals surface area (Å²) < 4.78 is 0. The largest absolute Gasteiger partial charge is 2.00 e. The predicted molar refractivity (Wildman–Crippen MR) is 72.4 cm³/mol. The first-order valence-electron chi connectivity index (χ1n) is 6.12. The summed E-state index contributed by atoms with van der Waals surface area (Å²) in [6, 6.07) is 0. The molecule has 15 heavy (non-hydrogen) atoms. The van der Waals surface area contributed by atoms with Crippen LogP contribution < -0.4 is 0 Å². The normalized spacial score (nSPS) is 8.80. The molecule has 0 aromatic heterocycles. The van der Waals surface area contributed by atoms with Gasteiger partial charge in [0.15, 0.2) is 0 Å². The average Bonchev–Trinajstić information content (AvgIpc) is 2.21. The third-order valence-electron chi connectivity index (χ3n) is 2.06. The van der Waals surface area contributed by atoms with E-state index in [1.165, 1.54) is 38.5 Å². The van der Waals surface area contributed by atoms with Crippen LogP contribution in [0.3, 0.4) is 0 Å². The Labute approximate surface area is 137 Å². The number of hydrogen-bond acceptors (Lipinski definition) is 0. The van der Waals surface area contributed by atoms with Crippen LogP contribution in [-0.4, -0.2) is 62.0 Å². The molecule has 2 nitrogen and oxygen atoms in total. The smallest absolute Gasteiger partial charge is 0.677 e. The van der Waals surface area contributed by atoms with Crippen molar-refractivity contribution >= 4 is 48.9 Å². The Hall–Kier alpha value is 1.49. The predicted octanol–water partition coefficient (Wildman–Crippen LogP) is 4.86. The van der Waals surface area contributed by atoms with Crippen molar-refractivity contribution in [2.75, 3.05) is 13.1 Å². The maximum Gasteiger partial charge on any atom is 2.00 e. The molecule has 0 heterocycles. The fraction of sp³-hybridized carbons (Fsp3) is 1.00. The van der Waals surface area contributed by atoms with Gasteiger partial charge in [-0.25, -0.2) is 0 Å². The standard InChI is InChI=1S/2C6H14N.Ba/c2*1-2-3-4-5-6-7;/h2*7H,2-6H2,1H3;/q2*-1;+2. The van der Waals surface area contributed by atoms with Gasteiger partial charge < -0.3 is 11.5 Å². The molecule has 0 spiro atoms. The van der Waals surface area contributed by atoms with Crippen molar-refractivity contribution in [1.82, 2.24) is 0 Å². The Kier molecular flexibility index (Phi) is 35.7.